The molecule has 1 saturated heterocycles. The van der Waals surface area contributed by atoms with Gasteiger partial charge in [-0.3, -0.25) is 4.79 Å². The van der Waals surface area contributed by atoms with Crippen LogP contribution < -0.4 is 4.74 Å². The maximum absolute atomic E-state index is 10.5. The number of benzene rings is 1. The fraction of sp³-hybridized carbons (Fsp3) is 0.533. The number of carboxylic acids is 1. The summed E-state index contributed by atoms with van der Waals surface area (Å²) >= 11 is 0. The quantitative estimate of drug-likeness (QED) is 0.856. The standard InChI is InChI=1S/C15H21NO3/c1-19-14-6-4-12(5-7-14)13-8-10-16(11-13)9-2-3-15(17)18/h4-7,13H,2-3,8-11H2,1H3,(H,17,18)/t13-/m0/s1. The van der Waals surface area contributed by atoms with Gasteiger partial charge in [-0.25, -0.2) is 0 Å². The van der Waals surface area contributed by atoms with Crippen LogP contribution >= 0.6 is 0 Å². The molecule has 4 heteroatoms. The summed E-state index contributed by atoms with van der Waals surface area (Å²) in [6.07, 6.45) is 2.16. The zero-order valence-corrected chi connectivity index (χ0v) is 11.3. The SMILES string of the molecule is COc1ccc([C@H]2CCN(CCCC(=O)O)C2)cc1. The molecular weight excluding hydrogens is 242 g/mol. The van der Waals surface area contributed by atoms with Crippen molar-refractivity contribution in [1.29, 1.82) is 0 Å². The Balaban J connectivity index is 1.81. The molecular formula is C15H21NO3. The minimum absolute atomic E-state index is 0.268. The lowest BCUT2D eigenvalue weighted by molar-refractivity contribution is -0.137. The fourth-order valence-corrected chi connectivity index (χ4v) is 2.64. The Kier molecular flexibility index (Phi) is 4.80. The third-order valence-electron chi connectivity index (χ3n) is 3.72. The summed E-state index contributed by atoms with van der Waals surface area (Å²) < 4.78 is 5.16. The lowest BCUT2D eigenvalue weighted by atomic mass is 9.98. The summed E-state index contributed by atoms with van der Waals surface area (Å²) in [4.78, 5) is 12.8. The molecule has 2 rings (SSSR count). The van der Waals surface area contributed by atoms with Gasteiger partial charge in [0.15, 0.2) is 0 Å². The summed E-state index contributed by atoms with van der Waals surface area (Å²) in [5.41, 5.74) is 1.35. The third kappa shape index (κ3) is 3.96. The summed E-state index contributed by atoms with van der Waals surface area (Å²) in [6, 6.07) is 8.26. The molecule has 0 aliphatic carbocycles. The van der Waals surface area contributed by atoms with Crippen LogP contribution in [0.25, 0.3) is 0 Å². The van der Waals surface area contributed by atoms with Gasteiger partial charge in [-0.05, 0) is 49.5 Å². The molecule has 0 unspecified atom stereocenters. The molecule has 104 valence electrons. The van der Waals surface area contributed by atoms with Gasteiger partial charge in [-0.1, -0.05) is 12.1 Å². The Labute approximate surface area is 114 Å². The van der Waals surface area contributed by atoms with Gasteiger partial charge in [0.1, 0.15) is 5.75 Å². The van der Waals surface area contributed by atoms with E-state index in [0.717, 1.165) is 38.2 Å². The van der Waals surface area contributed by atoms with Crippen molar-refractivity contribution in [2.75, 3.05) is 26.7 Å². The summed E-state index contributed by atoms with van der Waals surface area (Å²) in [7, 11) is 1.68. The maximum atomic E-state index is 10.5. The number of rotatable bonds is 6. The van der Waals surface area contributed by atoms with Gasteiger partial charge < -0.3 is 14.7 Å². The summed E-state index contributed by atoms with van der Waals surface area (Å²) in [6.45, 7) is 2.99. The average molecular weight is 263 g/mol. The van der Waals surface area contributed by atoms with Gasteiger partial charge in [0, 0.05) is 13.0 Å². The molecule has 0 saturated carbocycles. The second kappa shape index (κ2) is 6.57. The highest BCUT2D eigenvalue weighted by Gasteiger charge is 2.23. The van der Waals surface area contributed by atoms with E-state index in [9.17, 15) is 4.79 Å². The highest BCUT2D eigenvalue weighted by molar-refractivity contribution is 5.66. The normalized spacial score (nSPS) is 19.5. The van der Waals surface area contributed by atoms with Gasteiger partial charge >= 0.3 is 5.97 Å². The molecule has 1 heterocycles. The lowest BCUT2D eigenvalue weighted by Gasteiger charge is -2.15. The Morgan fingerprint density at radius 2 is 2.16 bits per heavy atom. The molecule has 19 heavy (non-hydrogen) atoms. The molecule has 1 atom stereocenters. The molecule has 4 nitrogen and oxygen atoms in total. The van der Waals surface area contributed by atoms with Crippen molar-refractivity contribution in [2.24, 2.45) is 0 Å². The van der Waals surface area contributed by atoms with E-state index in [-0.39, 0.29) is 6.42 Å². The van der Waals surface area contributed by atoms with Crippen molar-refractivity contribution >= 4 is 5.97 Å². The number of ether oxygens (including phenoxy) is 1. The first kappa shape index (κ1) is 13.9. The van der Waals surface area contributed by atoms with Crippen LogP contribution in [0.5, 0.6) is 5.75 Å². The van der Waals surface area contributed by atoms with Crippen molar-refractivity contribution in [1.82, 2.24) is 4.90 Å². The number of likely N-dealkylation sites (tertiary alicyclic amines) is 1. The summed E-state index contributed by atoms with van der Waals surface area (Å²) in [5.74, 6) is 0.752. The second-order valence-electron chi connectivity index (χ2n) is 5.06. The Bertz CT molecular complexity index is 416. The number of hydrogen-bond donors (Lipinski definition) is 1. The minimum atomic E-state index is -0.703. The maximum Gasteiger partial charge on any atom is 0.303 e. The van der Waals surface area contributed by atoms with Crippen LogP contribution in [0.1, 0.15) is 30.7 Å². The van der Waals surface area contributed by atoms with Crippen LogP contribution in [-0.4, -0.2) is 42.7 Å². The van der Waals surface area contributed by atoms with Crippen LogP contribution in [0.2, 0.25) is 0 Å². The Morgan fingerprint density at radius 1 is 1.42 bits per heavy atom. The van der Waals surface area contributed by atoms with Crippen LogP contribution in [0, 0.1) is 0 Å². The second-order valence-corrected chi connectivity index (χ2v) is 5.06. The van der Waals surface area contributed by atoms with E-state index in [4.69, 9.17) is 9.84 Å². The van der Waals surface area contributed by atoms with Crippen molar-refractivity contribution in [3.8, 4) is 5.75 Å². The molecule has 0 aromatic heterocycles. The molecule has 0 bridgehead atoms. The van der Waals surface area contributed by atoms with E-state index in [1.54, 1.807) is 7.11 Å². The van der Waals surface area contributed by atoms with Crippen molar-refractivity contribution in [3.63, 3.8) is 0 Å². The van der Waals surface area contributed by atoms with E-state index in [1.165, 1.54) is 5.56 Å². The van der Waals surface area contributed by atoms with Gasteiger partial charge in [0.2, 0.25) is 0 Å². The Morgan fingerprint density at radius 3 is 2.79 bits per heavy atom. The molecule has 1 N–H and O–H groups in total. The molecule has 0 radical (unpaired) electrons. The van der Waals surface area contributed by atoms with Crippen molar-refractivity contribution in [2.45, 2.75) is 25.2 Å². The number of methoxy groups -OCH3 is 1. The number of hydrogen-bond acceptors (Lipinski definition) is 3. The average Bonchev–Trinajstić information content (AvgIpc) is 2.87. The topological polar surface area (TPSA) is 49.8 Å². The molecule has 1 fully saturated rings. The fourth-order valence-electron chi connectivity index (χ4n) is 2.64. The first-order valence-electron chi connectivity index (χ1n) is 6.77. The van der Waals surface area contributed by atoms with Gasteiger partial charge in [-0.15, -0.1) is 0 Å². The molecule has 1 aromatic carbocycles. The molecule has 1 aliphatic rings. The minimum Gasteiger partial charge on any atom is -0.497 e. The van der Waals surface area contributed by atoms with E-state index < -0.39 is 5.97 Å². The van der Waals surface area contributed by atoms with E-state index in [2.05, 4.69) is 17.0 Å². The highest BCUT2D eigenvalue weighted by atomic mass is 16.5. The first-order chi connectivity index (χ1) is 9.19. The van der Waals surface area contributed by atoms with E-state index in [0.29, 0.717) is 5.92 Å². The van der Waals surface area contributed by atoms with E-state index in [1.807, 2.05) is 12.1 Å². The zero-order chi connectivity index (χ0) is 13.7. The van der Waals surface area contributed by atoms with Crippen LogP contribution in [-0.2, 0) is 4.79 Å². The van der Waals surface area contributed by atoms with Crippen LogP contribution in [0.4, 0.5) is 0 Å². The Hall–Kier alpha value is -1.55. The van der Waals surface area contributed by atoms with E-state index >= 15 is 0 Å². The molecule has 0 amide bonds. The number of carboxylic acid groups (broad SMARTS) is 1. The van der Waals surface area contributed by atoms with Crippen LogP contribution in [0.15, 0.2) is 24.3 Å². The predicted molar refractivity (Wildman–Crippen MR) is 73.7 cm³/mol. The predicted octanol–water partition coefficient (Wildman–Crippen LogP) is 2.35. The molecule has 1 aliphatic heterocycles. The van der Waals surface area contributed by atoms with Gasteiger partial charge in [-0.2, -0.15) is 0 Å². The largest absolute Gasteiger partial charge is 0.497 e. The van der Waals surface area contributed by atoms with Crippen molar-refractivity contribution in [3.05, 3.63) is 29.8 Å². The first-order valence-corrected chi connectivity index (χ1v) is 6.77. The highest BCUT2D eigenvalue weighted by Crippen LogP contribution is 2.28. The van der Waals surface area contributed by atoms with Crippen LogP contribution in [0.3, 0.4) is 0 Å². The summed E-state index contributed by atoms with van der Waals surface area (Å²) in [5, 5.41) is 8.64. The molecule has 1 aromatic rings. The lowest BCUT2D eigenvalue weighted by Crippen LogP contribution is -2.22. The van der Waals surface area contributed by atoms with Crippen molar-refractivity contribution < 1.29 is 14.6 Å². The molecule has 0 spiro atoms. The zero-order valence-electron chi connectivity index (χ0n) is 11.3. The number of nitrogens with zero attached hydrogens (tertiary/aromatic N) is 1. The smallest absolute Gasteiger partial charge is 0.303 e. The van der Waals surface area contributed by atoms with Gasteiger partial charge in [0.05, 0.1) is 7.11 Å². The third-order valence-corrected chi connectivity index (χ3v) is 3.72. The number of aliphatic carboxylic acids is 1. The van der Waals surface area contributed by atoms with Gasteiger partial charge in [0.25, 0.3) is 0 Å². The monoisotopic (exact) mass is 263 g/mol. The number of carbonyl (C=O) groups is 1.